The van der Waals surface area contributed by atoms with Crippen molar-refractivity contribution in [3.8, 4) is 0 Å². The lowest BCUT2D eigenvalue weighted by Gasteiger charge is -2.16. The highest BCUT2D eigenvalue weighted by Gasteiger charge is 2.21. The van der Waals surface area contributed by atoms with Crippen molar-refractivity contribution < 1.29 is 19.1 Å². The summed E-state index contributed by atoms with van der Waals surface area (Å²) in [5.74, 6) is -0.788. The van der Waals surface area contributed by atoms with Crippen LogP contribution < -0.4 is 10.2 Å². The number of rotatable bonds is 5. The minimum Gasteiger partial charge on any atom is -0.386 e. The van der Waals surface area contributed by atoms with Crippen molar-refractivity contribution in [2.75, 3.05) is 18.0 Å². The molecule has 130 valence electrons. The lowest BCUT2D eigenvalue weighted by Crippen LogP contribution is -2.29. The van der Waals surface area contributed by atoms with Crippen LogP contribution >= 0.6 is 0 Å². The van der Waals surface area contributed by atoms with E-state index in [-0.39, 0.29) is 23.9 Å². The Bertz CT molecular complexity index is 776. The maximum Gasteiger partial charge on any atom is 0.251 e. The molecule has 1 aliphatic rings. The summed E-state index contributed by atoms with van der Waals surface area (Å²) in [6, 6.07) is 12.6. The van der Waals surface area contributed by atoms with Crippen molar-refractivity contribution in [2.45, 2.75) is 18.9 Å². The summed E-state index contributed by atoms with van der Waals surface area (Å²) in [5, 5.41) is 12.6. The van der Waals surface area contributed by atoms with Crippen LogP contribution in [0.1, 0.15) is 34.9 Å². The van der Waals surface area contributed by atoms with E-state index < -0.39 is 11.9 Å². The van der Waals surface area contributed by atoms with Crippen LogP contribution in [0.2, 0.25) is 0 Å². The monoisotopic (exact) mass is 342 g/mol. The number of benzene rings is 2. The molecule has 1 fully saturated rings. The lowest BCUT2D eigenvalue weighted by atomic mass is 10.1. The topological polar surface area (TPSA) is 69.6 Å². The second-order valence-corrected chi connectivity index (χ2v) is 5.94. The summed E-state index contributed by atoms with van der Waals surface area (Å²) in [7, 11) is 0. The fraction of sp³-hybridized carbons (Fsp3) is 0.263. The molecule has 0 aromatic heterocycles. The summed E-state index contributed by atoms with van der Waals surface area (Å²) >= 11 is 0. The van der Waals surface area contributed by atoms with Crippen LogP contribution in [0.15, 0.2) is 48.5 Å². The normalized spacial score (nSPS) is 15.3. The van der Waals surface area contributed by atoms with Gasteiger partial charge in [0.25, 0.3) is 5.91 Å². The Hall–Kier alpha value is -2.73. The van der Waals surface area contributed by atoms with Gasteiger partial charge in [0, 0.05) is 36.3 Å². The van der Waals surface area contributed by atoms with E-state index in [1.165, 1.54) is 18.2 Å². The van der Waals surface area contributed by atoms with Crippen LogP contribution in [-0.2, 0) is 4.79 Å². The van der Waals surface area contributed by atoms with Crippen LogP contribution in [0, 0.1) is 5.82 Å². The quantitative estimate of drug-likeness (QED) is 0.877. The van der Waals surface area contributed by atoms with Crippen LogP contribution in [0.3, 0.4) is 0 Å². The summed E-state index contributed by atoms with van der Waals surface area (Å²) in [6.45, 7) is 0.603. The number of nitrogens with one attached hydrogen (secondary N) is 1. The third kappa shape index (κ3) is 3.85. The van der Waals surface area contributed by atoms with Crippen molar-refractivity contribution in [3.05, 3.63) is 65.5 Å². The van der Waals surface area contributed by atoms with Gasteiger partial charge in [0.2, 0.25) is 5.91 Å². The molecular weight excluding hydrogens is 323 g/mol. The van der Waals surface area contributed by atoms with E-state index in [1.807, 2.05) is 0 Å². The van der Waals surface area contributed by atoms with Gasteiger partial charge in [-0.2, -0.15) is 0 Å². The molecule has 5 nitrogen and oxygen atoms in total. The average Bonchev–Trinajstić information content (AvgIpc) is 3.06. The van der Waals surface area contributed by atoms with E-state index in [0.29, 0.717) is 18.5 Å². The molecule has 2 aromatic carbocycles. The van der Waals surface area contributed by atoms with Crippen molar-refractivity contribution in [2.24, 2.45) is 0 Å². The molecule has 1 atom stereocenters. The van der Waals surface area contributed by atoms with Gasteiger partial charge in [0.05, 0.1) is 6.10 Å². The molecule has 1 heterocycles. The minimum atomic E-state index is -1.12. The number of nitrogens with zero attached hydrogens (tertiary/aromatic N) is 1. The van der Waals surface area contributed by atoms with Crippen molar-refractivity contribution in [1.82, 2.24) is 5.32 Å². The first-order valence-corrected chi connectivity index (χ1v) is 8.17. The molecule has 0 saturated carbocycles. The molecule has 0 bridgehead atoms. The number of hydrogen-bond donors (Lipinski definition) is 2. The van der Waals surface area contributed by atoms with Crippen LogP contribution in [0.4, 0.5) is 10.1 Å². The van der Waals surface area contributed by atoms with Gasteiger partial charge in [-0.1, -0.05) is 18.2 Å². The molecule has 2 aromatic rings. The Labute approximate surface area is 145 Å². The molecular formula is C19H19FN2O3. The zero-order valence-corrected chi connectivity index (χ0v) is 13.6. The Morgan fingerprint density at radius 3 is 2.56 bits per heavy atom. The number of anilines is 1. The average molecular weight is 342 g/mol. The summed E-state index contributed by atoms with van der Waals surface area (Å²) < 4.78 is 13.6. The molecule has 6 heteroatoms. The number of carbonyl (C=O) groups is 2. The van der Waals surface area contributed by atoms with Gasteiger partial charge < -0.3 is 15.3 Å². The summed E-state index contributed by atoms with van der Waals surface area (Å²) in [6.07, 6.45) is 0.275. The van der Waals surface area contributed by atoms with Gasteiger partial charge in [0.15, 0.2) is 0 Å². The standard InChI is InChI=1S/C19H19FN2O3/c20-16-5-2-1-4-15(16)17(23)12-21-19(25)13-7-9-14(10-8-13)22-11-3-6-18(22)24/h1-2,4-5,7-10,17,23H,3,6,11-12H2,(H,21,25). The maximum atomic E-state index is 13.6. The van der Waals surface area contributed by atoms with Gasteiger partial charge in [-0.05, 0) is 36.8 Å². The number of carbonyl (C=O) groups excluding carboxylic acids is 2. The number of aliphatic hydroxyl groups excluding tert-OH is 1. The Kier molecular flexibility index (Phi) is 5.09. The second-order valence-electron chi connectivity index (χ2n) is 5.94. The molecule has 0 radical (unpaired) electrons. The van der Waals surface area contributed by atoms with Gasteiger partial charge in [-0.15, -0.1) is 0 Å². The largest absolute Gasteiger partial charge is 0.386 e. The third-order valence-electron chi connectivity index (χ3n) is 4.23. The van der Waals surface area contributed by atoms with Gasteiger partial charge >= 0.3 is 0 Å². The third-order valence-corrected chi connectivity index (χ3v) is 4.23. The fourth-order valence-electron chi connectivity index (χ4n) is 2.86. The highest BCUT2D eigenvalue weighted by atomic mass is 19.1. The van der Waals surface area contributed by atoms with Crippen LogP contribution in [-0.4, -0.2) is 30.0 Å². The van der Waals surface area contributed by atoms with Crippen LogP contribution in [0.5, 0.6) is 0 Å². The predicted molar refractivity (Wildman–Crippen MR) is 91.7 cm³/mol. The molecule has 0 aliphatic carbocycles. The fourth-order valence-corrected chi connectivity index (χ4v) is 2.86. The Morgan fingerprint density at radius 2 is 1.92 bits per heavy atom. The SMILES string of the molecule is O=C(NCC(O)c1ccccc1F)c1ccc(N2CCCC2=O)cc1. The van der Waals surface area contributed by atoms with Crippen molar-refractivity contribution in [1.29, 1.82) is 0 Å². The molecule has 2 amide bonds. The van der Waals surface area contributed by atoms with Crippen molar-refractivity contribution >= 4 is 17.5 Å². The van der Waals surface area contributed by atoms with E-state index in [4.69, 9.17) is 0 Å². The van der Waals surface area contributed by atoms with E-state index >= 15 is 0 Å². The summed E-state index contributed by atoms with van der Waals surface area (Å²) in [5.41, 5.74) is 1.33. The molecule has 3 rings (SSSR count). The van der Waals surface area contributed by atoms with E-state index in [9.17, 15) is 19.1 Å². The number of hydrogen-bond acceptors (Lipinski definition) is 3. The number of halogens is 1. The second kappa shape index (κ2) is 7.44. The zero-order chi connectivity index (χ0) is 17.8. The first-order valence-electron chi connectivity index (χ1n) is 8.17. The van der Waals surface area contributed by atoms with Gasteiger partial charge in [-0.3, -0.25) is 9.59 Å². The van der Waals surface area contributed by atoms with E-state index in [1.54, 1.807) is 35.2 Å². The summed E-state index contributed by atoms with van der Waals surface area (Å²) in [4.78, 5) is 25.6. The zero-order valence-electron chi connectivity index (χ0n) is 13.6. The smallest absolute Gasteiger partial charge is 0.251 e. The maximum absolute atomic E-state index is 13.6. The Balaban J connectivity index is 1.60. The van der Waals surface area contributed by atoms with Gasteiger partial charge in [0.1, 0.15) is 5.82 Å². The molecule has 1 unspecified atom stereocenters. The highest BCUT2D eigenvalue weighted by Crippen LogP contribution is 2.21. The van der Waals surface area contributed by atoms with E-state index in [2.05, 4.69) is 5.32 Å². The number of amides is 2. The highest BCUT2D eigenvalue weighted by molar-refractivity contribution is 5.97. The number of aliphatic hydroxyl groups is 1. The lowest BCUT2D eigenvalue weighted by molar-refractivity contribution is -0.117. The predicted octanol–water partition coefficient (Wildman–Crippen LogP) is 2.42. The van der Waals surface area contributed by atoms with Crippen molar-refractivity contribution in [3.63, 3.8) is 0 Å². The molecule has 1 aliphatic heterocycles. The first kappa shape index (κ1) is 17.1. The molecule has 1 saturated heterocycles. The van der Waals surface area contributed by atoms with Gasteiger partial charge in [-0.25, -0.2) is 4.39 Å². The molecule has 0 spiro atoms. The minimum absolute atomic E-state index is 0.0882. The van der Waals surface area contributed by atoms with Crippen LogP contribution in [0.25, 0.3) is 0 Å². The Morgan fingerprint density at radius 1 is 1.20 bits per heavy atom. The molecule has 2 N–H and O–H groups in total. The first-order chi connectivity index (χ1) is 12.1. The van der Waals surface area contributed by atoms with E-state index in [0.717, 1.165) is 12.1 Å². The molecule has 25 heavy (non-hydrogen) atoms.